The van der Waals surface area contributed by atoms with Crippen LogP contribution in [0.25, 0.3) is 0 Å². The quantitative estimate of drug-likeness (QED) is 0.135. The number of carbonyl (C=O) groups excluding carboxylic acids is 3. The SMILES string of the molecule is C=CCCC1=N[C@@H](CC(=O)Nc2ccc(C)c(N3Cc4cnc(Nc5ccc(C)nc5)nc4N(C)C3=O)c2)C(=O)N(Cc2ccccc2)c2ccccc21. The lowest BCUT2D eigenvalue weighted by Crippen LogP contribution is -2.46. The van der Waals surface area contributed by atoms with Crippen molar-refractivity contribution in [2.75, 3.05) is 32.4 Å². The number of hydrogen-bond acceptors (Lipinski definition) is 8. The Morgan fingerprint density at radius 2 is 1.70 bits per heavy atom. The van der Waals surface area contributed by atoms with Crippen molar-refractivity contribution in [3.8, 4) is 0 Å². The van der Waals surface area contributed by atoms with Crippen LogP contribution in [0.4, 0.5) is 39.3 Å². The van der Waals surface area contributed by atoms with Crippen LogP contribution in [0.2, 0.25) is 0 Å². The van der Waals surface area contributed by atoms with E-state index in [1.165, 1.54) is 4.90 Å². The van der Waals surface area contributed by atoms with Gasteiger partial charge in [0, 0.05) is 41.5 Å². The van der Waals surface area contributed by atoms with Gasteiger partial charge >= 0.3 is 6.03 Å². The number of nitrogens with one attached hydrogen (secondary N) is 2. The summed E-state index contributed by atoms with van der Waals surface area (Å²) in [6, 6.07) is 25.5. The summed E-state index contributed by atoms with van der Waals surface area (Å²) in [6.07, 6.45) is 6.33. The number of benzene rings is 3. The molecular formula is C42H41N9O3. The summed E-state index contributed by atoms with van der Waals surface area (Å²) in [6.45, 7) is 8.27. The molecule has 0 aliphatic carbocycles. The van der Waals surface area contributed by atoms with Gasteiger partial charge in [0.2, 0.25) is 11.9 Å². The number of urea groups is 1. The van der Waals surface area contributed by atoms with Crippen LogP contribution in [-0.4, -0.2) is 51.6 Å². The van der Waals surface area contributed by atoms with Gasteiger partial charge in [-0.05, 0) is 68.1 Å². The third-order valence-corrected chi connectivity index (χ3v) is 9.47. The fraction of sp³-hybridized carbons (Fsp3) is 0.214. The molecule has 12 heteroatoms. The number of carbonyl (C=O) groups is 3. The summed E-state index contributed by atoms with van der Waals surface area (Å²) in [7, 11) is 1.67. The van der Waals surface area contributed by atoms with E-state index in [4.69, 9.17) is 4.99 Å². The number of rotatable bonds is 11. The van der Waals surface area contributed by atoms with Crippen molar-refractivity contribution in [3.05, 3.63) is 138 Å². The molecule has 0 saturated carbocycles. The summed E-state index contributed by atoms with van der Waals surface area (Å²) >= 11 is 0. The van der Waals surface area contributed by atoms with Gasteiger partial charge in [-0.1, -0.05) is 60.7 Å². The monoisotopic (exact) mass is 719 g/mol. The topological polar surface area (TPSA) is 136 Å². The zero-order valence-corrected chi connectivity index (χ0v) is 30.5. The van der Waals surface area contributed by atoms with Crippen LogP contribution in [-0.2, 0) is 22.7 Å². The molecule has 5 aromatic rings. The molecule has 0 saturated heterocycles. The second kappa shape index (κ2) is 15.5. The van der Waals surface area contributed by atoms with Crippen molar-refractivity contribution >= 4 is 58.1 Å². The van der Waals surface area contributed by atoms with E-state index in [1.54, 1.807) is 41.4 Å². The zero-order valence-electron chi connectivity index (χ0n) is 30.5. The fourth-order valence-electron chi connectivity index (χ4n) is 6.66. The first-order chi connectivity index (χ1) is 26.2. The number of allylic oxidation sites excluding steroid dienone is 1. The lowest BCUT2D eigenvalue weighted by molar-refractivity contribution is -0.123. The Morgan fingerprint density at radius 3 is 2.48 bits per heavy atom. The summed E-state index contributed by atoms with van der Waals surface area (Å²) in [5, 5.41) is 6.12. The highest BCUT2D eigenvalue weighted by molar-refractivity contribution is 6.14. The average molecular weight is 720 g/mol. The van der Waals surface area contributed by atoms with Gasteiger partial charge in [0.15, 0.2) is 0 Å². The summed E-state index contributed by atoms with van der Waals surface area (Å²) in [5.41, 5.74) is 7.71. The second-order valence-electron chi connectivity index (χ2n) is 13.4. The molecule has 4 heterocycles. The predicted octanol–water partition coefficient (Wildman–Crippen LogP) is 7.51. The normalized spacial score (nSPS) is 15.2. The number of pyridine rings is 1. The molecule has 0 fully saturated rings. The van der Waals surface area contributed by atoms with E-state index in [0.717, 1.165) is 45.0 Å². The number of fused-ring (bicyclic) bond motifs is 2. The number of anilines is 6. The Labute approximate surface area is 314 Å². The first-order valence-electron chi connectivity index (χ1n) is 17.8. The van der Waals surface area contributed by atoms with Crippen molar-refractivity contribution in [1.29, 1.82) is 0 Å². The number of para-hydroxylation sites is 1. The highest BCUT2D eigenvalue weighted by atomic mass is 16.2. The molecule has 7 rings (SSSR count). The lowest BCUT2D eigenvalue weighted by Gasteiger charge is -2.35. The Bertz CT molecular complexity index is 2260. The van der Waals surface area contributed by atoms with E-state index in [9.17, 15) is 14.4 Å². The highest BCUT2D eigenvalue weighted by Crippen LogP contribution is 2.34. The number of hydrogen-bond donors (Lipinski definition) is 2. The third kappa shape index (κ3) is 7.58. The van der Waals surface area contributed by atoms with Gasteiger partial charge in [0.05, 0.1) is 42.8 Å². The van der Waals surface area contributed by atoms with E-state index in [0.29, 0.717) is 42.5 Å². The van der Waals surface area contributed by atoms with Crippen molar-refractivity contribution < 1.29 is 14.4 Å². The largest absolute Gasteiger partial charge is 0.330 e. The third-order valence-electron chi connectivity index (χ3n) is 9.47. The molecule has 2 aromatic heterocycles. The molecule has 272 valence electrons. The van der Waals surface area contributed by atoms with Crippen molar-refractivity contribution in [2.24, 2.45) is 4.99 Å². The zero-order chi connectivity index (χ0) is 37.8. The number of nitrogens with zero attached hydrogens (tertiary/aromatic N) is 7. The van der Waals surface area contributed by atoms with Gasteiger partial charge in [0.1, 0.15) is 11.9 Å². The second-order valence-corrected chi connectivity index (χ2v) is 13.4. The first-order valence-corrected chi connectivity index (χ1v) is 17.8. The molecule has 0 radical (unpaired) electrons. The van der Waals surface area contributed by atoms with Crippen LogP contribution in [0.5, 0.6) is 0 Å². The van der Waals surface area contributed by atoms with Gasteiger partial charge in [-0.25, -0.2) is 9.78 Å². The van der Waals surface area contributed by atoms with E-state index in [1.807, 2.05) is 92.7 Å². The van der Waals surface area contributed by atoms with Crippen LogP contribution >= 0.6 is 0 Å². The molecule has 4 amide bonds. The minimum atomic E-state index is -0.943. The van der Waals surface area contributed by atoms with Crippen LogP contribution < -0.4 is 25.3 Å². The highest BCUT2D eigenvalue weighted by Gasteiger charge is 2.34. The minimum absolute atomic E-state index is 0.163. The predicted molar refractivity (Wildman–Crippen MR) is 213 cm³/mol. The maximum Gasteiger partial charge on any atom is 0.330 e. The summed E-state index contributed by atoms with van der Waals surface area (Å²) in [5.74, 6) is 0.229. The van der Waals surface area contributed by atoms with Crippen molar-refractivity contribution in [1.82, 2.24) is 15.0 Å². The molecule has 0 spiro atoms. The molecule has 1 atom stereocenters. The number of aryl methyl sites for hydroxylation is 2. The van der Waals surface area contributed by atoms with E-state index in [-0.39, 0.29) is 30.8 Å². The van der Waals surface area contributed by atoms with Crippen molar-refractivity contribution in [2.45, 2.75) is 52.2 Å². The van der Waals surface area contributed by atoms with Gasteiger partial charge < -0.3 is 15.5 Å². The molecule has 2 aliphatic rings. The molecule has 2 N–H and O–H groups in total. The molecule has 12 nitrogen and oxygen atoms in total. The van der Waals surface area contributed by atoms with Crippen LogP contribution in [0.1, 0.15) is 47.2 Å². The number of amides is 4. The van der Waals surface area contributed by atoms with Crippen LogP contribution in [0.3, 0.4) is 0 Å². The Balaban J connectivity index is 1.11. The molecule has 2 aliphatic heterocycles. The number of benzodiazepines with no additional fused rings is 1. The molecule has 3 aromatic carbocycles. The van der Waals surface area contributed by atoms with E-state index >= 15 is 0 Å². The van der Waals surface area contributed by atoms with Gasteiger partial charge in [-0.3, -0.25) is 29.4 Å². The Morgan fingerprint density at radius 1 is 0.926 bits per heavy atom. The molecule has 54 heavy (non-hydrogen) atoms. The lowest BCUT2D eigenvalue weighted by atomic mass is 10.0. The summed E-state index contributed by atoms with van der Waals surface area (Å²) < 4.78 is 0. The van der Waals surface area contributed by atoms with Gasteiger partial charge in [-0.15, -0.1) is 6.58 Å². The van der Waals surface area contributed by atoms with Gasteiger partial charge in [-0.2, -0.15) is 4.98 Å². The Kier molecular flexibility index (Phi) is 10.2. The van der Waals surface area contributed by atoms with E-state index < -0.39 is 6.04 Å². The fourth-order valence-corrected chi connectivity index (χ4v) is 6.66. The Hall–Kier alpha value is -6.69. The number of aliphatic imine (C=N–C) groups is 1. The van der Waals surface area contributed by atoms with Gasteiger partial charge in [0.25, 0.3) is 5.91 Å². The molecular weight excluding hydrogens is 679 g/mol. The van der Waals surface area contributed by atoms with E-state index in [2.05, 4.69) is 32.2 Å². The minimum Gasteiger partial charge on any atom is -0.326 e. The van der Waals surface area contributed by atoms with Crippen LogP contribution in [0.15, 0.2) is 115 Å². The summed E-state index contributed by atoms with van der Waals surface area (Å²) in [4.78, 5) is 65.0. The van der Waals surface area contributed by atoms with Crippen LogP contribution in [0, 0.1) is 13.8 Å². The molecule has 0 bridgehead atoms. The van der Waals surface area contributed by atoms with Crippen molar-refractivity contribution in [3.63, 3.8) is 0 Å². The maximum absolute atomic E-state index is 14.3. The average Bonchev–Trinajstić information content (AvgIpc) is 3.28. The first kappa shape index (κ1) is 35.7. The number of aromatic nitrogens is 3. The maximum atomic E-state index is 14.3. The standard InChI is InChI=1S/C42H41N9O3/c1-5-6-15-34-33-14-10-11-16-36(33)50(25-29-12-8-7-9-13-29)40(53)35(47-34)22-38(52)45-31-19-17-27(2)37(21-31)51-26-30-23-44-41(48-39(30)49(4)42(51)54)46-32-20-18-28(3)43-24-32/h5,7-14,16-21,23-24,35H,1,6,15,22,25-26H2,2-4H3,(H,45,52)(H,44,46,48)/t35-/m0/s1. The molecule has 0 unspecified atom stereocenters. The smallest absolute Gasteiger partial charge is 0.326 e.